The molecule has 3 heteroatoms. The highest BCUT2D eigenvalue weighted by atomic mass is 16.3. The van der Waals surface area contributed by atoms with Crippen molar-refractivity contribution in [3.05, 3.63) is 53.9 Å². The molecule has 1 unspecified atom stereocenters. The number of aromatic hydroxyl groups is 1. The Hall–Kier alpha value is -1.74. The zero-order valence-corrected chi connectivity index (χ0v) is 9.30. The number of aromatic nitrogens is 1. The Balaban J connectivity index is 2.24. The number of phenols is 1. The average molecular weight is 216 g/mol. The molecule has 0 aliphatic rings. The van der Waals surface area contributed by atoms with Crippen molar-refractivity contribution in [1.82, 2.24) is 4.57 Å². The number of phenolic OH excluding ortho intramolecular Hbond substituents is 1. The van der Waals surface area contributed by atoms with E-state index in [1.165, 1.54) is 0 Å². The van der Waals surface area contributed by atoms with Crippen LogP contribution in [0, 0.1) is 0 Å². The predicted molar refractivity (Wildman–Crippen MR) is 64.2 cm³/mol. The second kappa shape index (κ2) is 4.41. The fraction of sp³-hybridized carbons (Fsp3) is 0.231. The van der Waals surface area contributed by atoms with Crippen molar-refractivity contribution in [2.24, 2.45) is 5.73 Å². The van der Waals surface area contributed by atoms with E-state index in [2.05, 4.69) is 4.57 Å². The predicted octanol–water partition coefficient (Wildman–Crippen LogP) is 2.26. The summed E-state index contributed by atoms with van der Waals surface area (Å²) in [6.07, 6.45) is 2.00. The van der Waals surface area contributed by atoms with Gasteiger partial charge in [-0.25, -0.2) is 0 Å². The molecule has 16 heavy (non-hydrogen) atoms. The summed E-state index contributed by atoms with van der Waals surface area (Å²) in [4.78, 5) is 0. The maximum Gasteiger partial charge on any atom is 0.115 e. The van der Waals surface area contributed by atoms with Gasteiger partial charge in [0.15, 0.2) is 0 Å². The lowest BCUT2D eigenvalue weighted by Crippen LogP contribution is -2.12. The van der Waals surface area contributed by atoms with Gasteiger partial charge in [0.2, 0.25) is 0 Å². The van der Waals surface area contributed by atoms with E-state index in [9.17, 15) is 5.11 Å². The molecule has 1 aromatic heterocycles. The van der Waals surface area contributed by atoms with Gasteiger partial charge >= 0.3 is 0 Å². The second-order valence-corrected chi connectivity index (χ2v) is 4.02. The van der Waals surface area contributed by atoms with Crippen molar-refractivity contribution in [2.45, 2.75) is 19.5 Å². The van der Waals surface area contributed by atoms with E-state index in [0.29, 0.717) is 5.75 Å². The Morgan fingerprint density at radius 2 is 2.12 bits per heavy atom. The number of rotatable bonds is 3. The van der Waals surface area contributed by atoms with Gasteiger partial charge in [0, 0.05) is 24.5 Å². The Morgan fingerprint density at radius 1 is 1.31 bits per heavy atom. The van der Waals surface area contributed by atoms with Crippen molar-refractivity contribution in [2.75, 3.05) is 0 Å². The van der Waals surface area contributed by atoms with Gasteiger partial charge in [-0.2, -0.15) is 0 Å². The van der Waals surface area contributed by atoms with Gasteiger partial charge in [0.1, 0.15) is 5.75 Å². The Morgan fingerprint density at radius 3 is 2.81 bits per heavy atom. The summed E-state index contributed by atoms with van der Waals surface area (Å²) in [5, 5.41) is 9.39. The smallest absolute Gasteiger partial charge is 0.115 e. The van der Waals surface area contributed by atoms with Crippen LogP contribution >= 0.6 is 0 Å². The SMILES string of the molecule is CC(N)c1cccn1Cc1cccc(O)c1. The third-order valence-electron chi connectivity index (χ3n) is 2.59. The van der Waals surface area contributed by atoms with Crippen LogP contribution in [0.1, 0.15) is 24.2 Å². The summed E-state index contributed by atoms with van der Waals surface area (Å²) in [6.45, 7) is 2.70. The first-order chi connectivity index (χ1) is 7.66. The van der Waals surface area contributed by atoms with Gasteiger partial charge < -0.3 is 15.4 Å². The molecule has 0 spiro atoms. The molecule has 1 atom stereocenters. The van der Waals surface area contributed by atoms with Crippen molar-refractivity contribution in [3.63, 3.8) is 0 Å². The fourth-order valence-electron chi connectivity index (χ4n) is 1.84. The molecule has 0 saturated heterocycles. The minimum atomic E-state index is 0.0207. The van der Waals surface area contributed by atoms with Gasteiger partial charge in [-0.15, -0.1) is 0 Å². The molecule has 1 aromatic carbocycles. The van der Waals surface area contributed by atoms with Gasteiger partial charge in [0.05, 0.1) is 0 Å². The first-order valence-corrected chi connectivity index (χ1v) is 5.35. The van der Waals surface area contributed by atoms with Crippen LogP contribution in [0.4, 0.5) is 0 Å². The molecular formula is C13H16N2O. The molecule has 3 N–H and O–H groups in total. The molecule has 0 aliphatic heterocycles. The Bertz CT molecular complexity index is 474. The van der Waals surface area contributed by atoms with Gasteiger partial charge in [-0.05, 0) is 36.8 Å². The molecule has 84 valence electrons. The molecule has 2 aromatic rings. The summed E-state index contributed by atoms with van der Waals surface area (Å²) in [6, 6.07) is 11.3. The molecule has 0 saturated carbocycles. The Labute approximate surface area is 95.1 Å². The maximum absolute atomic E-state index is 9.39. The zero-order chi connectivity index (χ0) is 11.5. The highest BCUT2D eigenvalue weighted by Gasteiger charge is 2.05. The van der Waals surface area contributed by atoms with E-state index in [0.717, 1.165) is 17.8 Å². The third kappa shape index (κ3) is 2.25. The normalized spacial score (nSPS) is 12.6. The van der Waals surface area contributed by atoms with Crippen LogP contribution in [0.25, 0.3) is 0 Å². The topological polar surface area (TPSA) is 51.2 Å². The minimum Gasteiger partial charge on any atom is -0.508 e. The molecule has 1 heterocycles. The number of nitrogens with zero attached hydrogens (tertiary/aromatic N) is 1. The van der Waals surface area contributed by atoms with Crippen molar-refractivity contribution in [3.8, 4) is 5.75 Å². The fourth-order valence-corrected chi connectivity index (χ4v) is 1.84. The van der Waals surface area contributed by atoms with E-state index in [4.69, 9.17) is 5.73 Å². The van der Waals surface area contributed by atoms with E-state index in [1.807, 2.05) is 37.4 Å². The monoisotopic (exact) mass is 216 g/mol. The van der Waals surface area contributed by atoms with Crippen LogP contribution in [0.2, 0.25) is 0 Å². The van der Waals surface area contributed by atoms with E-state index in [-0.39, 0.29) is 6.04 Å². The number of hydrogen-bond acceptors (Lipinski definition) is 2. The van der Waals surface area contributed by atoms with Crippen LogP contribution in [-0.2, 0) is 6.54 Å². The quantitative estimate of drug-likeness (QED) is 0.826. The standard InChI is InChI=1S/C13H16N2O/c1-10(14)13-6-3-7-15(13)9-11-4-2-5-12(16)8-11/h2-8,10,16H,9,14H2,1H3. The van der Waals surface area contributed by atoms with E-state index < -0.39 is 0 Å². The zero-order valence-electron chi connectivity index (χ0n) is 9.30. The lowest BCUT2D eigenvalue weighted by Gasteiger charge is -2.12. The molecule has 0 amide bonds. The second-order valence-electron chi connectivity index (χ2n) is 4.02. The highest BCUT2D eigenvalue weighted by molar-refractivity contribution is 5.28. The summed E-state index contributed by atoms with van der Waals surface area (Å²) in [5.74, 6) is 0.298. The molecule has 0 bridgehead atoms. The maximum atomic E-state index is 9.39. The van der Waals surface area contributed by atoms with Gasteiger partial charge in [0.25, 0.3) is 0 Å². The molecular weight excluding hydrogens is 200 g/mol. The summed E-state index contributed by atoms with van der Waals surface area (Å²) in [5.41, 5.74) is 8.04. The summed E-state index contributed by atoms with van der Waals surface area (Å²) >= 11 is 0. The number of benzene rings is 1. The van der Waals surface area contributed by atoms with Crippen LogP contribution in [-0.4, -0.2) is 9.67 Å². The summed E-state index contributed by atoms with van der Waals surface area (Å²) in [7, 11) is 0. The largest absolute Gasteiger partial charge is 0.508 e. The van der Waals surface area contributed by atoms with Crippen LogP contribution in [0.5, 0.6) is 5.75 Å². The van der Waals surface area contributed by atoms with Crippen molar-refractivity contribution in [1.29, 1.82) is 0 Å². The third-order valence-corrected chi connectivity index (χ3v) is 2.59. The first kappa shape index (κ1) is 10.8. The minimum absolute atomic E-state index is 0.0207. The van der Waals surface area contributed by atoms with E-state index in [1.54, 1.807) is 12.1 Å². The average Bonchev–Trinajstić information content (AvgIpc) is 2.66. The van der Waals surface area contributed by atoms with Crippen LogP contribution < -0.4 is 5.73 Å². The van der Waals surface area contributed by atoms with Gasteiger partial charge in [-0.1, -0.05) is 12.1 Å². The first-order valence-electron chi connectivity index (χ1n) is 5.35. The number of hydrogen-bond donors (Lipinski definition) is 2. The lowest BCUT2D eigenvalue weighted by molar-refractivity contribution is 0.474. The lowest BCUT2D eigenvalue weighted by atomic mass is 10.2. The molecule has 3 nitrogen and oxygen atoms in total. The Kier molecular flexibility index (Phi) is 2.97. The number of nitrogens with two attached hydrogens (primary N) is 1. The van der Waals surface area contributed by atoms with Crippen LogP contribution in [0.15, 0.2) is 42.6 Å². The van der Waals surface area contributed by atoms with E-state index >= 15 is 0 Å². The molecule has 0 fully saturated rings. The van der Waals surface area contributed by atoms with Crippen molar-refractivity contribution < 1.29 is 5.11 Å². The van der Waals surface area contributed by atoms with Crippen molar-refractivity contribution >= 4 is 0 Å². The van der Waals surface area contributed by atoms with Crippen LogP contribution in [0.3, 0.4) is 0 Å². The van der Waals surface area contributed by atoms with Gasteiger partial charge in [-0.3, -0.25) is 0 Å². The highest BCUT2D eigenvalue weighted by Crippen LogP contribution is 2.16. The summed E-state index contributed by atoms with van der Waals surface area (Å²) < 4.78 is 2.10. The molecule has 0 radical (unpaired) electrons. The molecule has 0 aliphatic carbocycles. The molecule has 2 rings (SSSR count).